The van der Waals surface area contributed by atoms with Crippen LogP contribution in [0.2, 0.25) is 0 Å². The number of pyridine rings is 1. The minimum atomic E-state index is -0.148. The molecule has 1 unspecified atom stereocenters. The van der Waals surface area contributed by atoms with Crippen LogP contribution in [0.4, 0.5) is 0 Å². The van der Waals surface area contributed by atoms with Crippen LogP contribution in [0.15, 0.2) is 59.5 Å². The van der Waals surface area contributed by atoms with Gasteiger partial charge in [0.05, 0.1) is 18.5 Å². The molecule has 0 fully saturated rings. The highest BCUT2D eigenvalue weighted by Gasteiger charge is 2.33. The molecule has 0 saturated heterocycles. The smallest absolute Gasteiger partial charge is 0.270 e. The standard InChI is InChI=1S/C23H21N5O2/c1-13-7-18-19(11-25-23(29)21(18)26-13)16-9-20-22(24-10-16)27-14(2)28(20)12-15-5-4-6-17(8-15)30-3/h4-11,18H,12H2,1-3H3,(H,25,29). The lowest BCUT2D eigenvalue weighted by molar-refractivity contribution is -0.114. The summed E-state index contributed by atoms with van der Waals surface area (Å²) in [5.41, 5.74) is 6.07. The number of allylic oxidation sites excluding steroid dienone is 3. The molecule has 0 spiro atoms. The number of aryl methyl sites for hydroxylation is 1. The van der Waals surface area contributed by atoms with Gasteiger partial charge < -0.3 is 14.6 Å². The molecular formula is C23H21N5O2. The van der Waals surface area contributed by atoms with Crippen molar-refractivity contribution < 1.29 is 9.53 Å². The molecule has 2 aromatic heterocycles. The van der Waals surface area contributed by atoms with Gasteiger partial charge in [0.25, 0.3) is 5.91 Å². The molecule has 7 heteroatoms. The van der Waals surface area contributed by atoms with Crippen molar-refractivity contribution in [2.45, 2.75) is 20.4 Å². The minimum absolute atomic E-state index is 0.145. The van der Waals surface area contributed by atoms with Gasteiger partial charge in [-0.25, -0.2) is 9.97 Å². The predicted octanol–water partition coefficient (Wildman–Crippen LogP) is 3.24. The number of rotatable bonds is 4. The molecule has 0 bridgehead atoms. The maximum atomic E-state index is 12.2. The maximum Gasteiger partial charge on any atom is 0.270 e. The first-order valence-electron chi connectivity index (χ1n) is 9.77. The number of nitrogens with one attached hydrogen (secondary N) is 1. The van der Waals surface area contributed by atoms with Gasteiger partial charge in [-0.2, -0.15) is 0 Å². The fraction of sp³-hybridized carbons (Fsp3) is 0.217. The van der Waals surface area contributed by atoms with E-state index in [1.165, 1.54) is 0 Å². The fourth-order valence-electron chi connectivity index (χ4n) is 4.05. The summed E-state index contributed by atoms with van der Waals surface area (Å²) in [4.78, 5) is 25.8. The van der Waals surface area contributed by atoms with Crippen molar-refractivity contribution in [3.63, 3.8) is 0 Å². The van der Waals surface area contributed by atoms with Crippen molar-refractivity contribution >= 4 is 28.4 Å². The summed E-state index contributed by atoms with van der Waals surface area (Å²) in [6.07, 6.45) is 5.59. The molecule has 0 radical (unpaired) electrons. The van der Waals surface area contributed by atoms with E-state index in [4.69, 9.17) is 4.74 Å². The van der Waals surface area contributed by atoms with Gasteiger partial charge in [-0.1, -0.05) is 12.1 Å². The van der Waals surface area contributed by atoms with E-state index in [0.29, 0.717) is 17.9 Å². The van der Waals surface area contributed by atoms with Crippen molar-refractivity contribution in [1.29, 1.82) is 0 Å². The molecule has 4 heterocycles. The van der Waals surface area contributed by atoms with Gasteiger partial charge in [0.15, 0.2) is 5.65 Å². The molecule has 30 heavy (non-hydrogen) atoms. The van der Waals surface area contributed by atoms with E-state index in [1.807, 2.05) is 44.3 Å². The first-order valence-corrected chi connectivity index (χ1v) is 9.77. The first-order chi connectivity index (χ1) is 14.5. The topological polar surface area (TPSA) is 81.4 Å². The number of hydrogen-bond acceptors (Lipinski definition) is 5. The number of aromatic nitrogens is 3. The second kappa shape index (κ2) is 6.95. The van der Waals surface area contributed by atoms with Crippen LogP contribution in [-0.2, 0) is 11.3 Å². The number of ether oxygens (including phenoxy) is 1. The Morgan fingerprint density at radius 3 is 2.93 bits per heavy atom. The Hall–Kier alpha value is -3.74. The highest BCUT2D eigenvalue weighted by Crippen LogP contribution is 2.34. The van der Waals surface area contributed by atoms with Gasteiger partial charge in [-0.05, 0) is 49.3 Å². The number of methoxy groups -OCH3 is 1. The Bertz CT molecular complexity index is 1280. The predicted molar refractivity (Wildman–Crippen MR) is 115 cm³/mol. The van der Waals surface area contributed by atoms with Crippen LogP contribution >= 0.6 is 0 Å². The van der Waals surface area contributed by atoms with Gasteiger partial charge in [0.1, 0.15) is 17.3 Å². The SMILES string of the molecule is COc1cccc(Cn2c(C)nc3ncc(C4=CNC(=O)C5=NC(C)=CC45)cc32)c1. The third-order valence-corrected chi connectivity index (χ3v) is 5.53. The van der Waals surface area contributed by atoms with Gasteiger partial charge in [-0.3, -0.25) is 9.79 Å². The Balaban J connectivity index is 1.57. The monoisotopic (exact) mass is 399 g/mol. The molecule has 2 aliphatic heterocycles. The lowest BCUT2D eigenvalue weighted by Crippen LogP contribution is -2.36. The molecule has 150 valence electrons. The van der Waals surface area contributed by atoms with E-state index in [1.54, 1.807) is 13.3 Å². The van der Waals surface area contributed by atoms with Crippen LogP contribution in [0.25, 0.3) is 16.7 Å². The third kappa shape index (κ3) is 2.99. The summed E-state index contributed by atoms with van der Waals surface area (Å²) in [5.74, 6) is 1.42. The Kier molecular flexibility index (Phi) is 4.24. The largest absolute Gasteiger partial charge is 0.497 e. The highest BCUT2D eigenvalue weighted by atomic mass is 16.5. The van der Waals surface area contributed by atoms with E-state index in [2.05, 4.69) is 37.0 Å². The highest BCUT2D eigenvalue weighted by molar-refractivity contribution is 6.44. The van der Waals surface area contributed by atoms with Crippen molar-refractivity contribution in [1.82, 2.24) is 19.9 Å². The average molecular weight is 399 g/mol. The van der Waals surface area contributed by atoms with Crippen molar-refractivity contribution in [3.8, 4) is 5.75 Å². The van der Waals surface area contributed by atoms with Crippen LogP contribution in [0.1, 0.15) is 23.9 Å². The summed E-state index contributed by atoms with van der Waals surface area (Å²) in [6.45, 7) is 4.55. The zero-order chi connectivity index (χ0) is 20.8. The fourth-order valence-corrected chi connectivity index (χ4v) is 4.05. The first kappa shape index (κ1) is 18.3. The van der Waals surface area contributed by atoms with Gasteiger partial charge in [-0.15, -0.1) is 0 Å². The van der Waals surface area contributed by atoms with E-state index in [9.17, 15) is 4.79 Å². The van der Waals surface area contributed by atoms with Crippen LogP contribution < -0.4 is 10.1 Å². The lowest BCUT2D eigenvalue weighted by atomic mass is 9.88. The molecule has 2 aliphatic rings. The van der Waals surface area contributed by atoms with Gasteiger partial charge in [0.2, 0.25) is 0 Å². The summed E-state index contributed by atoms with van der Waals surface area (Å²) < 4.78 is 7.50. The van der Waals surface area contributed by atoms with Crippen LogP contribution in [0, 0.1) is 12.8 Å². The summed E-state index contributed by atoms with van der Waals surface area (Å²) in [6, 6.07) is 10.1. The number of amides is 1. The average Bonchev–Trinajstić information content (AvgIpc) is 3.28. The van der Waals surface area contributed by atoms with Gasteiger partial charge in [0, 0.05) is 30.2 Å². The number of carbonyl (C=O) groups is 1. The quantitative estimate of drug-likeness (QED) is 0.730. The number of benzene rings is 1. The van der Waals surface area contributed by atoms with Crippen LogP contribution in [0.3, 0.4) is 0 Å². The third-order valence-electron chi connectivity index (χ3n) is 5.53. The zero-order valence-electron chi connectivity index (χ0n) is 17.0. The molecule has 1 aromatic carbocycles. The van der Waals surface area contributed by atoms with Gasteiger partial charge >= 0.3 is 0 Å². The molecule has 7 nitrogen and oxygen atoms in total. The van der Waals surface area contributed by atoms with Crippen molar-refractivity contribution in [3.05, 3.63) is 71.5 Å². The number of hydrogen-bond donors (Lipinski definition) is 1. The number of fused-ring (bicyclic) bond motifs is 2. The minimum Gasteiger partial charge on any atom is -0.497 e. The number of aliphatic imine (C=N–C) groups is 1. The number of carbonyl (C=O) groups excluding carboxylic acids is 1. The Morgan fingerprint density at radius 2 is 2.10 bits per heavy atom. The lowest BCUT2D eigenvalue weighted by Gasteiger charge is -2.20. The summed E-state index contributed by atoms with van der Waals surface area (Å²) >= 11 is 0. The van der Waals surface area contributed by atoms with E-state index < -0.39 is 0 Å². The normalized spacial score (nSPS) is 17.9. The molecule has 3 aromatic rings. The summed E-state index contributed by atoms with van der Waals surface area (Å²) in [7, 11) is 1.67. The number of nitrogens with zero attached hydrogens (tertiary/aromatic N) is 4. The van der Waals surface area contributed by atoms with E-state index in [-0.39, 0.29) is 11.8 Å². The maximum absolute atomic E-state index is 12.2. The van der Waals surface area contributed by atoms with Crippen molar-refractivity contribution in [2.75, 3.05) is 7.11 Å². The molecule has 0 saturated carbocycles. The van der Waals surface area contributed by atoms with Crippen LogP contribution in [-0.4, -0.2) is 33.3 Å². The van der Waals surface area contributed by atoms with E-state index >= 15 is 0 Å². The molecule has 0 aliphatic carbocycles. The molecule has 5 rings (SSSR count). The molecule has 1 amide bonds. The van der Waals surface area contributed by atoms with Crippen molar-refractivity contribution in [2.24, 2.45) is 10.9 Å². The van der Waals surface area contributed by atoms with E-state index in [0.717, 1.165) is 39.5 Å². The van der Waals surface area contributed by atoms with Crippen LogP contribution in [0.5, 0.6) is 5.75 Å². The second-order valence-corrected chi connectivity index (χ2v) is 7.52. The molecule has 1 N–H and O–H groups in total. The Morgan fingerprint density at radius 1 is 1.23 bits per heavy atom. The number of imidazole rings is 1. The zero-order valence-corrected chi connectivity index (χ0v) is 17.0. The molecule has 1 atom stereocenters. The Labute approximate surface area is 173 Å². The summed E-state index contributed by atoms with van der Waals surface area (Å²) in [5, 5.41) is 2.81. The molecular weight excluding hydrogens is 378 g/mol. The second-order valence-electron chi connectivity index (χ2n) is 7.52.